The van der Waals surface area contributed by atoms with Crippen LogP contribution in [0.15, 0.2) is 41.1 Å². The molecule has 3 heterocycles. The molecular weight excluding hydrogens is 344 g/mol. The Kier molecular flexibility index (Phi) is 5.09. The van der Waals surface area contributed by atoms with Crippen molar-refractivity contribution < 1.29 is 14.0 Å². The van der Waals surface area contributed by atoms with E-state index in [0.717, 1.165) is 5.69 Å². The number of carbonyl (C=O) groups is 2. The molecule has 7 heteroatoms. The second kappa shape index (κ2) is 7.82. The van der Waals surface area contributed by atoms with E-state index in [1.54, 1.807) is 34.2 Å². The van der Waals surface area contributed by atoms with E-state index in [9.17, 15) is 9.59 Å². The second-order valence-electron chi connectivity index (χ2n) is 7.12. The Hall–Kier alpha value is -2.83. The number of hydrogen-bond acceptors (Lipinski definition) is 5. The zero-order valence-corrected chi connectivity index (χ0v) is 15.3. The van der Waals surface area contributed by atoms with Crippen LogP contribution in [0.3, 0.4) is 0 Å². The molecule has 0 radical (unpaired) electrons. The molecule has 2 aromatic rings. The molecule has 0 bridgehead atoms. The van der Waals surface area contributed by atoms with Crippen LogP contribution in [0.25, 0.3) is 0 Å². The molecule has 4 rings (SSSR count). The predicted molar refractivity (Wildman–Crippen MR) is 101 cm³/mol. The fourth-order valence-electron chi connectivity index (χ4n) is 3.74. The first-order chi connectivity index (χ1) is 13.2. The number of furan rings is 1. The van der Waals surface area contributed by atoms with Gasteiger partial charge < -0.3 is 19.5 Å². The van der Waals surface area contributed by atoms with Gasteiger partial charge in [0.2, 0.25) is 0 Å². The molecule has 0 unspecified atom stereocenters. The van der Waals surface area contributed by atoms with Crippen LogP contribution in [0.5, 0.6) is 0 Å². The molecule has 7 nitrogen and oxygen atoms in total. The number of hydrogen-bond donors (Lipinski definition) is 1. The third-order valence-corrected chi connectivity index (χ3v) is 5.29. The summed E-state index contributed by atoms with van der Waals surface area (Å²) in [4.78, 5) is 32.8. The zero-order valence-electron chi connectivity index (χ0n) is 15.3. The fourth-order valence-corrected chi connectivity index (χ4v) is 3.74. The number of aromatic nitrogens is 1. The SMILES string of the molecule is O=C(c1ccc(NC2CCCC2)cn1)N1CCN(C(=O)c2ccco2)CC1. The summed E-state index contributed by atoms with van der Waals surface area (Å²) in [5.74, 6) is 0.113. The van der Waals surface area contributed by atoms with Gasteiger partial charge in [-0.1, -0.05) is 12.8 Å². The lowest BCUT2D eigenvalue weighted by molar-refractivity contribution is 0.0515. The highest BCUT2D eigenvalue weighted by Gasteiger charge is 2.27. The first kappa shape index (κ1) is 17.6. The summed E-state index contributed by atoms with van der Waals surface area (Å²) in [6.07, 6.45) is 8.17. The normalized spacial score (nSPS) is 17.9. The number of piperazine rings is 1. The Labute approximate surface area is 158 Å². The van der Waals surface area contributed by atoms with Crippen molar-refractivity contribution in [1.29, 1.82) is 0 Å². The number of nitrogens with one attached hydrogen (secondary N) is 1. The van der Waals surface area contributed by atoms with Crippen LogP contribution in [-0.4, -0.2) is 58.8 Å². The summed E-state index contributed by atoms with van der Waals surface area (Å²) in [5, 5.41) is 3.48. The first-order valence-electron chi connectivity index (χ1n) is 9.55. The van der Waals surface area contributed by atoms with E-state index in [2.05, 4.69) is 10.3 Å². The van der Waals surface area contributed by atoms with Crippen molar-refractivity contribution in [2.45, 2.75) is 31.7 Å². The molecule has 2 amide bonds. The van der Waals surface area contributed by atoms with Crippen molar-refractivity contribution in [1.82, 2.24) is 14.8 Å². The highest BCUT2D eigenvalue weighted by molar-refractivity contribution is 5.93. The van der Waals surface area contributed by atoms with Crippen LogP contribution in [0, 0.1) is 0 Å². The van der Waals surface area contributed by atoms with Crippen molar-refractivity contribution >= 4 is 17.5 Å². The summed E-state index contributed by atoms with van der Waals surface area (Å²) in [6, 6.07) is 7.58. The average molecular weight is 368 g/mol. The number of pyridine rings is 1. The Morgan fingerprint density at radius 2 is 1.70 bits per heavy atom. The highest BCUT2D eigenvalue weighted by atomic mass is 16.3. The molecule has 1 saturated heterocycles. The summed E-state index contributed by atoms with van der Waals surface area (Å²) < 4.78 is 5.16. The van der Waals surface area contributed by atoms with Gasteiger partial charge in [-0.2, -0.15) is 0 Å². The molecule has 0 atom stereocenters. The Morgan fingerprint density at radius 1 is 1.00 bits per heavy atom. The molecular formula is C20H24N4O3. The van der Waals surface area contributed by atoms with Gasteiger partial charge in [0, 0.05) is 32.2 Å². The van der Waals surface area contributed by atoms with Crippen molar-refractivity contribution in [3.05, 3.63) is 48.2 Å². The van der Waals surface area contributed by atoms with E-state index in [1.165, 1.54) is 31.9 Å². The number of carbonyl (C=O) groups excluding carboxylic acids is 2. The fraction of sp³-hybridized carbons (Fsp3) is 0.450. The lowest BCUT2D eigenvalue weighted by Gasteiger charge is -2.34. The molecule has 2 fully saturated rings. The molecule has 2 aromatic heterocycles. The maximum absolute atomic E-state index is 12.7. The van der Waals surface area contributed by atoms with Gasteiger partial charge in [-0.25, -0.2) is 4.98 Å². The van der Waals surface area contributed by atoms with Crippen molar-refractivity contribution in [2.75, 3.05) is 31.5 Å². The van der Waals surface area contributed by atoms with Gasteiger partial charge in [-0.05, 0) is 37.1 Å². The molecule has 142 valence electrons. The lowest BCUT2D eigenvalue weighted by Crippen LogP contribution is -2.50. The molecule has 0 spiro atoms. The van der Waals surface area contributed by atoms with Gasteiger partial charge in [0.05, 0.1) is 18.1 Å². The Morgan fingerprint density at radius 3 is 2.30 bits per heavy atom. The molecule has 1 aliphatic carbocycles. The van der Waals surface area contributed by atoms with Crippen LogP contribution >= 0.6 is 0 Å². The zero-order chi connectivity index (χ0) is 18.6. The largest absolute Gasteiger partial charge is 0.459 e. The average Bonchev–Trinajstić information content (AvgIpc) is 3.42. The van der Waals surface area contributed by atoms with Gasteiger partial charge in [-0.3, -0.25) is 9.59 Å². The van der Waals surface area contributed by atoms with Gasteiger partial charge in [0.15, 0.2) is 5.76 Å². The van der Waals surface area contributed by atoms with Crippen molar-refractivity contribution in [3.8, 4) is 0 Å². The summed E-state index contributed by atoms with van der Waals surface area (Å²) in [5.41, 5.74) is 1.41. The van der Waals surface area contributed by atoms with Crippen LogP contribution in [0.2, 0.25) is 0 Å². The predicted octanol–water partition coefficient (Wildman–Crippen LogP) is 2.63. The van der Waals surface area contributed by atoms with Gasteiger partial charge in [0.25, 0.3) is 11.8 Å². The summed E-state index contributed by atoms with van der Waals surface area (Å²) in [7, 11) is 0. The second-order valence-corrected chi connectivity index (χ2v) is 7.12. The van der Waals surface area contributed by atoms with E-state index in [1.807, 2.05) is 6.07 Å². The van der Waals surface area contributed by atoms with E-state index in [-0.39, 0.29) is 11.8 Å². The highest BCUT2D eigenvalue weighted by Crippen LogP contribution is 2.22. The van der Waals surface area contributed by atoms with Crippen LogP contribution in [0.4, 0.5) is 5.69 Å². The summed E-state index contributed by atoms with van der Waals surface area (Å²) >= 11 is 0. The van der Waals surface area contributed by atoms with Gasteiger partial charge >= 0.3 is 0 Å². The van der Waals surface area contributed by atoms with Crippen LogP contribution < -0.4 is 5.32 Å². The minimum absolute atomic E-state index is 0.0903. The van der Waals surface area contributed by atoms with Crippen molar-refractivity contribution in [3.63, 3.8) is 0 Å². The maximum atomic E-state index is 12.7. The van der Waals surface area contributed by atoms with Gasteiger partial charge in [-0.15, -0.1) is 0 Å². The van der Waals surface area contributed by atoms with E-state index in [4.69, 9.17) is 4.42 Å². The van der Waals surface area contributed by atoms with Crippen LogP contribution in [0.1, 0.15) is 46.7 Å². The quantitative estimate of drug-likeness (QED) is 0.897. The lowest BCUT2D eigenvalue weighted by atomic mass is 10.2. The van der Waals surface area contributed by atoms with Crippen LogP contribution in [-0.2, 0) is 0 Å². The topological polar surface area (TPSA) is 78.7 Å². The van der Waals surface area contributed by atoms with Crippen molar-refractivity contribution in [2.24, 2.45) is 0 Å². The van der Waals surface area contributed by atoms with E-state index in [0.29, 0.717) is 43.7 Å². The molecule has 1 aliphatic heterocycles. The first-order valence-corrected chi connectivity index (χ1v) is 9.55. The molecule has 1 saturated carbocycles. The van der Waals surface area contributed by atoms with E-state index >= 15 is 0 Å². The molecule has 27 heavy (non-hydrogen) atoms. The molecule has 0 aromatic carbocycles. The third kappa shape index (κ3) is 3.97. The standard InChI is InChI=1S/C20H24N4O3/c25-19(17-8-7-16(14-21-17)22-15-4-1-2-5-15)23-9-11-24(12-10-23)20(26)18-6-3-13-27-18/h3,6-8,13-15,22H,1-2,4-5,9-12H2. The molecule has 1 N–H and O–H groups in total. The third-order valence-electron chi connectivity index (χ3n) is 5.29. The minimum atomic E-state index is -0.132. The maximum Gasteiger partial charge on any atom is 0.289 e. The number of anilines is 1. The summed E-state index contributed by atoms with van der Waals surface area (Å²) in [6.45, 7) is 1.98. The Balaban J connectivity index is 1.31. The molecule has 2 aliphatic rings. The number of nitrogens with zero attached hydrogens (tertiary/aromatic N) is 3. The van der Waals surface area contributed by atoms with Gasteiger partial charge in [0.1, 0.15) is 5.69 Å². The van der Waals surface area contributed by atoms with E-state index < -0.39 is 0 Å². The monoisotopic (exact) mass is 368 g/mol. The number of rotatable bonds is 4. The number of amides is 2. The smallest absolute Gasteiger partial charge is 0.289 e. The Bertz CT molecular complexity index is 774. The minimum Gasteiger partial charge on any atom is -0.459 e.